The zero-order valence-corrected chi connectivity index (χ0v) is 13.2. The summed E-state index contributed by atoms with van der Waals surface area (Å²) in [5.41, 5.74) is 7.10. The second-order valence-electron chi connectivity index (χ2n) is 5.51. The van der Waals surface area contributed by atoms with Crippen LogP contribution in [-0.2, 0) is 0 Å². The summed E-state index contributed by atoms with van der Waals surface area (Å²) in [4.78, 5) is 0. The van der Waals surface area contributed by atoms with E-state index >= 15 is 0 Å². The molecule has 1 aromatic carbocycles. The molecular weight excluding hydrogens is 300 g/mol. The van der Waals surface area contributed by atoms with Gasteiger partial charge in [-0.25, -0.2) is 4.39 Å². The van der Waals surface area contributed by atoms with Gasteiger partial charge in [0.05, 0.1) is 17.2 Å². The summed E-state index contributed by atoms with van der Waals surface area (Å²) >= 11 is 6.15. The van der Waals surface area contributed by atoms with Gasteiger partial charge in [0.25, 0.3) is 0 Å². The van der Waals surface area contributed by atoms with E-state index in [4.69, 9.17) is 17.3 Å². The third-order valence-corrected chi connectivity index (χ3v) is 4.66. The third kappa shape index (κ3) is 3.64. The van der Waals surface area contributed by atoms with Crippen molar-refractivity contribution >= 4 is 24.0 Å². The number of rotatable bonds is 3. The topological polar surface area (TPSA) is 46.2 Å². The van der Waals surface area contributed by atoms with Crippen LogP contribution in [0.15, 0.2) is 12.1 Å². The Morgan fingerprint density at radius 2 is 1.90 bits per heavy atom. The van der Waals surface area contributed by atoms with E-state index in [-0.39, 0.29) is 23.9 Å². The van der Waals surface area contributed by atoms with Crippen LogP contribution >= 0.6 is 24.0 Å². The molecule has 20 heavy (non-hydrogen) atoms. The molecule has 0 heterocycles. The smallest absolute Gasteiger partial charge is 0.129 e. The molecule has 3 N–H and O–H groups in total. The molecule has 0 unspecified atom stereocenters. The SMILES string of the molecule is Cc1ccc(F)c([C@H](N)[C@H](O)C2CCCCC2)c1Cl.Cl. The Kier molecular flexibility index (Phi) is 6.73. The molecule has 0 bridgehead atoms. The maximum absolute atomic E-state index is 13.9. The minimum Gasteiger partial charge on any atom is -0.391 e. The largest absolute Gasteiger partial charge is 0.391 e. The van der Waals surface area contributed by atoms with Crippen LogP contribution in [0.4, 0.5) is 4.39 Å². The fraction of sp³-hybridized carbons (Fsp3) is 0.600. The lowest BCUT2D eigenvalue weighted by Crippen LogP contribution is -2.35. The van der Waals surface area contributed by atoms with Crippen LogP contribution in [0.2, 0.25) is 5.02 Å². The van der Waals surface area contributed by atoms with Crippen molar-refractivity contribution in [3.8, 4) is 0 Å². The summed E-state index contributed by atoms with van der Waals surface area (Å²) in [5, 5.41) is 10.7. The van der Waals surface area contributed by atoms with Gasteiger partial charge < -0.3 is 10.8 Å². The Balaban J connectivity index is 0.00000200. The van der Waals surface area contributed by atoms with E-state index in [2.05, 4.69) is 0 Å². The highest BCUT2D eigenvalue weighted by Crippen LogP contribution is 2.35. The molecular formula is C15H22Cl2FNO. The van der Waals surface area contributed by atoms with E-state index in [0.717, 1.165) is 31.2 Å². The van der Waals surface area contributed by atoms with E-state index in [1.165, 1.54) is 12.5 Å². The van der Waals surface area contributed by atoms with Crippen LogP contribution in [0.1, 0.15) is 49.3 Å². The molecule has 1 fully saturated rings. The highest BCUT2D eigenvalue weighted by Gasteiger charge is 2.30. The number of aliphatic hydroxyl groups is 1. The molecule has 5 heteroatoms. The van der Waals surface area contributed by atoms with Gasteiger partial charge in [-0.1, -0.05) is 36.9 Å². The predicted molar refractivity (Wildman–Crippen MR) is 82.9 cm³/mol. The lowest BCUT2D eigenvalue weighted by molar-refractivity contribution is 0.0608. The fourth-order valence-electron chi connectivity index (χ4n) is 2.92. The van der Waals surface area contributed by atoms with Gasteiger partial charge in [-0.3, -0.25) is 0 Å². The highest BCUT2D eigenvalue weighted by molar-refractivity contribution is 6.32. The van der Waals surface area contributed by atoms with Gasteiger partial charge in [0.2, 0.25) is 0 Å². The molecule has 1 saturated carbocycles. The van der Waals surface area contributed by atoms with E-state index in [1.807, 2.05) is 6.92 Å². The molecule has 0 aliphatic heterocycles. The van der Waals surface area contributed by atoms with Gasteiger partial charge in [-0.15, -0.1) is 12.4 Å². The first-order valence-electron chi connectivity index (χ1n) is 6.90. The van der Waals surface area contributed by atoms with E-state index in [9.17, 15) is 9.50 Å². The van der Waals surface area contributed by atoms with Crippen molar-refractivity contribution < 1.29 is 9.50 Å². The summed E-state index contributed by atoms with van der Waals surface area (Å²) in [6.07, 6.45) is 4.61. The molecule has 1 aromatic rings. The first-order valence-corrected chi connectivity index (χ1v) is 7.28. The molecule has 0 spiro atoms. The van der Waals surface area contributed by atoms with Gasteiger partial charge in [0.15, 0.2) is 0 Å². The quantitative estimate of drug-likeness (QED) is 0.878. The van der Waals surface area contributed by atoms with E-state index < -0.39 is 18.0 Å². The number of hydrogen-bond acceptors (Lipinski definition) is 2. The molecule has 2 atom stereocenters. The van der Waals surface area contributed by atoms with Gasteiger partial charge in [0.1, 0.15) is 5.82 Å². The van der Waals surface area contributed by atoms with Crippen molar-refractivity contribution in [1.29, 1.82) is 0 Å². The van der Waals surface area contributed by atoms with Crippen LogP contribution in [-0.4, -0.2) is 11.2 Å². The average molecular weight is 322 g/mol. The number of halogens is 3. The molecule has 1 aliphatic rings. The molecule has 1 aliphatic carbocycles. The third-order valence-electron chi connectivity index (χ3n) is 4.15. The van der Waals surface area contributed by atoms with Crippen LogP contribution < -0.4 is 5.73 Å². The van der Waals surface area contributed by atoms with Crippen LogP contribution in [0.5, 0.6) is 0 Å². The van der Waals surface area contributed by atoms with Crippen molar-refractivity contribution in [1.82, 2.24) is 0 Å². The Hall–Kier alpha value is -0.350. The summed E-state index contributed by atoms with van der Waals surface area (Å²) in [6, 6.07) is 2.24. The molecule has 2 nitrogen and oxygen atoms in total. The molecule has 2 rings (SSSR count). The summed E-state index contributed by atoms with van der Waals surface area (Å²) < 4.78 is 13.9. The second-order valence-corrected chi connectivity index (χ2v) is 5.88. The van der Waals surface area contributed by atoms with Crippen LogP contribution in [0.25, 0.3) is 0 Å². The number of nitrogens with two attached hydrogens (primary N) is 1. The zero-order chi connectivity index (χ0) is 14.0. The van der Waals surface area contributed by atoms with Crippen LogP contribution in [0.3, 0.4) is 0 Å². The number of benzene rings is 1. The van der Waals surface area contributed by atoms with Crippen molar-refractivity contribution in [2.24, 2.45) is 11.7 Å². The summed E-state index contributed by atoms with van der Waals surface area (Å²) in [6.45, 7) is 1.81. The van der Waals surface area contributed by atoms with Crippen molar-refractivity contribution in [2.45, 2.75) is 51.2 Å². The van der Waals surface area contributed by atoms with E-state index in [1.54, 1.807) is 6.07 Å². The van der Waals surface area contributed by atoms with Gasteiger partial charge in [-0.2, -0.15) is 0 Å². The Bertz CT molecular complexity index is 450. The number of aryl methyl sites for hydroxylation is 1. The van der Waals surface area contributed by atoms with Crippen LogP contribution in [0, 0.1) is 18.7 Å². The second kappa shape index (κ2) is 7.60. The standard InChI is InChI=1S/C15H21ClFNO.ClH/c1-9-7-8-11(17)12(13(9)16)14(18)15(19)10-5-3-2-4-6-10;/h7-8,10,14-15,19H,2-6,18H2,1H3;1H/t14-,15+;/m0./s1. The molecule has 0 amide bonds. The van der Waals surface area contributed by atoms with Crippen molar-refractivity contribution in [3.05, 3.63) is 34.1 Å². The Labute approximate surface area is 130 Å². The number of hydrogen-bond donors (Lipinski definition) is 2. The maximum Gasteiger partial charge on any atom is 0.129 e. The Morgan fingerprint density at radius 1 is 1.30 bits per heavy atom. The summed E-state index contributed by atoms with van der Waals surface area (Å²) in [7, 11) is 0. The van der Waals surface area contributed by atoms with Gasteiger partial charge in [0, 0.05) is 5.56 Å². The van der Waals surface area contributed by atoms with Crippen molar-refractivity contribution in [2.75, 3.05) is 0 Å². The van der Waals surface area contributed by atoms with Crippen molar-refractivity contribution in [3.63, 3.8) is 0 Å². The lowest BCUT2D eigenvalue weighted by Gasteiger charge is -2.31. The Morgan fingerprint density at radius 3 is 2.50 bits per heavy atom. The molecule has 114 valence electrons. The normalized spacial score (nSPS) is 19.2. The van der Waals surface area contributed by atoms with Gasteiger partial charge in [-0.05, 0) is 37.3 Å². The van der Waals surface area contributed by atoms with E-state index in [0.29, 0.717) is 5.02 Å². The minimum atomic E-state index is -0.754. The lowest BCUT2D eigenvalue weighted by atomic mass is 9.81. The highest BCUT2D eigenvalue weighted by atomic mass is 35.5. The first-order chi connectivity index (χ1) is 9.02. The predicted octanol–water partition coefficient (Wildman–Crippen LogP) is 4.15. The first kappa shape index (κ1) is 17.7. The molecule has 0 saturated heterocycles. The average Bonchev–Trinajstić information content (AvgIpc) is 2.43. The molecule has 0 aromatic heterocycles. The maximum atomic E-state index is 13.9. The molecule has 0 radical (unpaired) electrons. The zero-order valence-electron chi connectivity index (χ0n) is 11.6. The fourth-order valence-corrected chi connectivity index (χ4v) is 3.20. The minimum absolute atomic E-state index is 0. The van der Waals surface area contributed by atoms with Gasteiger partial charge >= 0.3 is 0 Å². The monoisotopic (exact) mass is 321 g/mol. The number of aliphatic hydroxyl groups excluding tert-OH is 1. The summed E-state index contributed by atoms with van der Waals surface area (Å²) in [5.74, 6) is -0.280.